The minimum Gasteiger partial charge on any atom is -0.396 e. The maximum absolute atomic E-state index is 11.4. The highest BCUT2D eigenvalue weighted by molar-refractivity contribution is 5.92. The van der Waals surface area contributed by atoms with Crippen LogP contribution in [0.1, 0.15) is 12.8 Å². The summed E-state index contributed by atoms with van der Waals surface area (Å²) in [6, 6.07) is 5.48. The number of nitrogens with zero attached hydrogens (tertiary/aromatic N) is 1. The molecule has 2 aromatic rings. The Labute approximate surface area is 92.5 Å². The minimum atomic E-state index is -0.0899. The number of aromatic nitrogens is 2. The Hall–Kier alpha value is -1.88. The van der Waals surface area contributed by atoms with Gasteiger partial charge in [-0.15, -0.1) is 0 Å². The second-order valence-electron chi connectivity index (χ2n) is 3.51. The third kappa shape index (κ3) is 2.38. The molecule has 16 heavy (non-hydrogen) atoms. The average molecular weight is 219 g/mol. The van der Waals surface area contributed by atoms with Gasteiger partial charge in [-0.3, -0.25) is 4.79 Å². The molecule has 5 nitrogen and oxygen atoms in total. The molecule has 1 heterocycles. The molecule has 0 atom stereocenters. The van der Waals surface area contributed by atoms with Crippen LogP contribution < -0.4 is 5.32 Å². The molecule has 0 unspecified atom stereocenters. The third-order valence-electron chi connectivity index (χ3n) is 2.27. The lowest BCUT2D eigenvalue weighted by Gasteiger charge is -2.04. The van der Waals surface area contributed by atoms with E-state index in [9.17, 15) is 4.79 Å². The molecule has 0 fully saturated rings. The number of fused-ring (bicyclic) bond motifs is 1. The van der Waals surface area contributed by atoms with E-state index in [1.807, 2.05) is 12.1 Å². The molecule has 2 rings (SSSR count). The van der Waals surface area contributed by atoms with Crippen molar-refractivity contribution in [1.29, 1.82) is 0 Å². The summed E-state index contributed by atoms with van der Waals surface area (Å²) in [4.78, 5) is 18.5. The van der Waals surface area contributed by atoms with Crippen molar-refractivity contribution in [2.45, 2.75) is 12.8 Å². The van der Waals surface area contributed by atoms with Gasteiger partial charge in [0, 0.05) is 18.7 Å². The Morgan fingerprint density at radius 2 is 2.38 bits per heavy atom. The highest BCUT2D eigenvalue weighted by Gasteiger charge is 2.03. The molecule has 0 aliphatic heterocycles. The summed E-state index contributed by atoms with van der Waals surface area (Å²) >= 11 is 0. The number of amides is 1. The summed E-state index contributed by atoms with van der Waals surface area (Å²) in [7, 11) is 0. The second-order valence-corrected chi connectivity index (χ2v) is 3.51. The van der Waals surface area contributed by atoms with Gasteiger partial charge in [0.1, 0.15) is 0 Å². The summed E-state index contributed by atoms with van der Waals surface area (Å²) in [6.07, 6.45) is 2.43. The lowest BCUT2D eigenvalue weighted by atomic mass is 10.2. The van der Waals surface area contributed by atoms with Crippen molar-refractivity contribution in [1.82, 2.24) is 9.97 Å². The summed E-state index contributed by atoms with van der Waals surface area (Å²) in [5.41, 5.74) is 2.49. The van der Waals surface area contributed by atoms with E-state index in [1.165, 1.54) is 0 Å². The predicted octanol–water partition coefficient (Wildman–Crippen LogP) is 1.27. The van der Waals surface area contributed by atoms with E-state index >= 15 is 0 Å². The zero-order valence-electron chi connectivity index (χ0n) is 8.73. The smallest absolute Gasteiger partial charge is 0.224 e. The van der Waals surface area contributed by atoms with Crippen LogP contribution in [-0.4, -0.2) is 27.6 Å². The summed E-state index contributed by atoms with van der Waals surface area (Å²) < 4.78 is 0. The molecule has 0 aliphatic carbocycles. The van der Waals surface area contributed by atoms with Crippen LogP contribution in [0, 0.1) is 0 Å². The van der Waals surface area contributed by atoms with Crippen LogP contribution in [-0.2, 0) is 4.79 Å². The topological polar surface area (TPSA) is 78.0 Å². The maximum Gasteiger partial charge on any atom is 0.224 e. The first-order valence-corrected chi connectivity index (χ1v) is 5.13. The molecule has 1 aromatic heterocycles. The lowest BCUT2D eigenvalue weighted by Crippen LogP contribution is -2.11. The largest absolute Gasteiger partial charge is 0.396 e. The number of rotatable bonds is 4. The normalized spacial score (nSPS) is 10.6. The first-order valence-electron chi connectivity index (χ1n) is 5.13. The summed E-state index contributed by atoms with van der Waals surface area (Å²) in [5, 5.41) is 11.4. The van der Waals surface area contributed by atoms with Crippen molar-refractivity contribution < 1.29 is 9.90 Å². The number of anilines is 1. The number of H-pyrrole nitrogens is 1. The van der Waals surface area contributed by atoms with Gasteiger partial charge in [-0.2, -0.15) is 0 Å². The fourth-order valence-corrected chi connectivity index (χ4v) is 1.48. The number of imidazole rings is 1. The molecular formula is C11H13N3O2. The molecule has 1 amide bonds. The summed E-state index contributed by atoms with van der Waals surface area (Å²) in [5.74, 6) is -0.0899. The van der Waals surface area contributed by atoms with Crippen LogP contribution in [0.25, 0.3) is 11.0 Å². The van der Waals surface area contributed by atoms with Crippen molar-refractivity contribution in [3.05, 3.63) is 24.5 Å². The number of hydrogen-bond acceptors (Lipinski definition) is 3. The van der Waals surface area contributed by atoms with Crippen LogP contribution in [0.15, 0.2) is 24.5 Å². The number of carbonyl (C=O) groups excluding carboxylic acids is 1. The fourth-order valence-electron chi connectivity index (χ4n) is 1.48. The number of hydrogen-bond donors (Lipinski definition) is 3. The van der Waals surface area contributed by atoms with E-state index in [0.717, 1.165) is 16.7 Å². The fraction of sp³-hybridized carbons (Fsp3) is 0.273. The van der Waals surface area contributed by atoms with E-state index in [2.05, 4.69) is 15.3 Å². The van der Waals surface area contributed by atoms with Crippen molar-refractivity contribution in [2.75, 3.05) is 11.9 Å². The standard InChI is InChI=1S/C11H13N3O2/c15-5-1-2-11(16)14-8-3-4-9-10(6-8)13-7-12-9/h3-4,6-7,15H,1-2,5H2,(H,12,13)(H,14,16). The molecule has 3 N–H and O–H groups in total. The number of aliphatic hydroxyl groups excluding tert-OH is 1. The van der Waals surface area contributed by atoms with Gasteiger partial charge in [-0.05, 0) is 24.6 Å². The quantitative estimate of drug-likeness (QED) is 0.724. The van der Waals surface area contributed by atoms with E-state index in [4.69, 9.17) is 5.11 Å². The molecule has 84 valence electrons. The zero-order valence-corrected chi connectivity index (χ0v) is 8.73. The number of aromatic amines is 1. The predicted molar refractivity (Wildman–Crippen MR) is 61.0 cm³/mol. The first-order chi connectivity index (χ1) is 7.79. The van der Waals surface area contributed by atoms with Crippen molar-refractivity contribution >= 4 is 22.6 Å². The van der Waals surface area contributed by atoms with Crippen LogP contribution in [0.2, 0.25) is 0 Å². The molecule has 0 radical (unpaired) electrons. The van der Waals surface area contributed by atoms with Crippen LogP contribution in [0.4, 0.5) is 5.69 Å². The van der Waals surface area contributed by atoms with Gasteiger partial charge in [0.05, 0.1) is 17.4 Å². The van der Waals surface area contributed by atoms with Gasteiger partial charge in [0.2, 0.25) is 5.91 Å². The van der Waals surface area contributed by atoms with Gasteiger partial charge in [-0.1, -0.05) is 0 Å². The molecule has 1 aromatic carbocycles. The lowest BCUT2D eigenvalue weighted by molar-refractivity contribution is -0.116. The highest BCUT2D eigenvalue weighted by atomic mass is 16.3. The van der Waals surface area contributed by atoms with Crippen LogP contribution in [0.3, 0.4) is 0 Å². The van der Waals surface area contributed by atoms with Gasteiger partial charge in [0.25, 0.3) is 0 Å². The molecular weight excluding hydrogens is 206 g/mol. The van der Waals surface area contributed by atoms with Crippen molar-refractivity contribution in [3.63, 3.8) is 0 Å². The molecule has 0 aliphatic rings. The molecule has 0 bridgehead atoms. The van der Waals surface area contributed by atoms with Crippen molar-refractivity contribution in [3.8, 4) is 0 Å². The first kappa shape index (κ1) is 10.6. The number of nitrogens with one attached hydrogen (secondary N) is 2. The van der Waals surface area contributed by atoms with Gasteiger partial charge >= 0.3 is 0 Å². The Bertz CT molecular complexity index is 493. The number of aliphatic hydroxyl groups is 1. The van der Waals surface area contributed by atoms with E-state index in [0.29, 0.717) is 12.8 Å². The average Bonchev–Trinajstić information content (AvgIpc) is 2.73. The number of carbonyl (C=O) groups is 1. The Morgan fingerprint density at radius 1 is 1.50 bits per heavy atom. The van der Waals surface area contributed by atoms with E-state index in [1.54, 1.807) is 12.4 Å². The van der Waals surface area contributed by atoms with Gasteiger partial charge < -0.3 is 15.4 Å². The Balaban J connectivity index is 2.06. The monoisotopic (exact) mass is 219 g/mol. The van der Waals surface area contributed by atoms with Crippen molar-refractivity contribution in [2.24, 2.45) is 0 Å². The number of benzene rings is 1. The SMILES string of the molecule is O=C(CCCO)Nc1ccc2nc[nH]c2c1. The van der Waals surface area contributed by atoms with Crippen LogP contribution in [0.5, 0.6) is 0 Å². The highest BCUT2D eigenvalue weighted by Crippen LogP contribution is 2.15. The van der Waals surface area contributed by atoms with Crippen LogP contribution >= 0.6 is 0 Å². The Kier molecular flexibility index (Phi) is 3.16. The van der Waals surface area contributed by atoms with Gasteiger partial charge in [-0.25, -0.2) is 4.98 Å². The minimum absolute atomic E-state index is 0.0347. The molecule has 0 saturated heterocycles. The second kappa shape index (κ2) is 4.76. The molecule has 5 heteroatoms. The third-order valence-corrected chi connectivity index (χ3v) is 2.27. The van der Waals surface area contributed by atoms with E-state index in [-0.39, 0.29) is 12.5 Å². The van der Waals surface area contributed by atoms with Gasteiger partial charge in [0.15, 0.2) is 0 Å². The molecule has 0 saturated carbocycles. The summed E-state index contributed by atoms with van der Waals surface area (Å²) in [6.45, 7) is 0.0347. The zero-order chi connectivity index (χ0) is 11.4. The van der Waals surface area contributed by atoms with E-state index < -0.39 is 0 Å². The molecule has 0 spiro atoms. The Morgan fingerprint density at radius 3 is 3.19 bits per heavy atom. The maximum atomic E-state index is 11.4.